The van der Waals surface area contributed by atoms with Crippen molar-refractivity contribution >= 4 is 23.4 Å². The molecule has 0 bridgehead atoms. The molecular formula is C15H17N3O5. The molecule has 1 aromatic rings. The second-order valence-electron chi connectivity index (χ2n) is 5.24. The summed E-state index contributed by atoms with van der Waals surface area (Å²) >= 11 is 0. The monoisotopic (exact) mass is 319 g/mol. The molecule has 0 unspecified atom stereocenters. The van der Waals surface area contributed by atoms with Gasteiger partial charge in [0.15, 0.2) is 0 Å². The summed E-state index contributed by atoms with van der Waals surface area (Å²) in [4.78, 5) is 47.1. The molecule has 0 aromatic heterocycles. The highest BCUT2D eigenvalue weighted by molar-refractivity contribution is 6.22. The quantitative estimate of drug-likeness (QED) is 0.354. The number of rotatable bonds is 7. The second-order valence-corrected chi connectivity index (χ2v) is 5.24. The van der Waals surface area contributed by atoms with Gasteiger partial charge in [0.2, 0.25) is 5.91 Å². The van der Waals surface area contributed by atoms with Gasteiger partial charge in [0, 0.05) is 18.7 Å². The second kappa shape index (κ2) is 6.99. The minimum atomic E-state index is -0.683. The van der Waals surface area contributed by atoms with Gasteiger partial charge in [-0.15, -0.1) is 0 Å². The number of nitrogens with zero attached hydrogens (tertiary/aromatic N) is 2. The Kier molecular flexibility index (Phi) is 5.05. The summed E-state index contributed by atoms with van der Waals surface area (Å²) in [7, 11) is 0. The molecule has 0 radical (unpaired) electrons. The molecule has 0 fully saturated rings. The van der Waals surface area contributed by atoms with E-state index < -0.39 is 22.6 Å². The molecule has 8 heteroatoms. The van der Waals surface area contributed by atoms with Gasteiger partial charge in [-0.1, -0.05) is 19.8 Å². The first-order valence-corrected chi connectivity index (χ1v) is 7.37. The van der Waals surface area contributed by atoms with Crippen molar-refractivity contribution in [3.8, 4) is 0 Å². The van der Waals surface area contributed by atoms with Crippen molar-refractivity contribution in [2.75, 3.05) is 13.1 Å². The molecule has 1 heterocycles. The number of nitro benzene ring substituents is 1. The number of amides is 3. The van der Waals surface area contributed by atoms with Gasteiger partial charge in [-0.05, 0) is 12.5 Å². The number of hydrogen-bond donors (Lipinski definition) is 1. The molecule has 1 aliphatic rings. The number of nitro groups is 1. The lowest BCUT2D eigenvalue weighted by Gasteiger charge is -2.13. The van der Waals surface area contributed by atoms with Crippen LogP contribution in [0, 0.1) is 10.1 Å². The van der Waals surface area contributed by atoms with Crippen molar-refractivity contribution in [2.45, 2.75) is 26.2 Å². The van der Waals surface area contributed by atoms with E-state index in [0.717, 1.165) is 30.2 Å². The highest BCUT2D eigenvalue weighted by Gasteiger charge is 2.37. The third kappa shape index (κ3) is 3.53. The topological polar surface area (TPSA) is 110 Å². The standard InChI is InChI=1S/C15H17N3O5/c1-2-3-4-7-16-13(19)9-17-14(20)11-6-5-10(18(22)23)8-12(11)15(17)21/h5-6,8H,2-4,7,9H2,1H3,(H,16,19). The highest BCUT2D eigenvalue weighted by Crippen LogP contribution is 2.26. The van der Waals surface area contributed by atoms with E-state index in [1.807, 2.05) is 6.92 Å². The lowest BCUT2D eigenvalue weighted by molar-refractivity contribution is -0.384. The van der Waals surface area contributed by atoms with E-state index in [2.05, 4.69) is 5.32 Å². The van der Waals surface area contributed by atoms with Crippen LogP contribution in [-0.2, 0) is 4.79 Å². The SMILES string of the molecule is CCCCCNC(=O)CN1C(=O)c2ccc([N+](=O)[O-])cc2C1=O. The fraction of sp³-hybridized carbons (Fsp3) is 0.400. The molecule has 1 aromatic carbocycles. The summed E-state index contributed by atoms with van der Waals surface area (Å²) in [5.74, 6) is -1.72. The zero-order valence-electron chi connectivity index (χ0n) is 12.7. The first kappa shape index (κ1) is 16.6. The summed E-state index contributed by atoms with van der Waals surface area (Å²) in [5, 5.41) is 13.4. The van der Waals surface area contributed by atoms with Gasteiger partial charge < -0.3 is 5.32 Å². The van der Waals surface area contributed by atoms with Gasteiger partial charge in [-0.2, -0.15) is 0 Å². The van der Waals surface area contributed by atoms with Crippen molar-refractivity contribution in [1.29, 1.82) is 0 Å². The molecule has 0 saturated heterocycles. The van der Waals surface area contributed by atoms with Crippen LogP contribution in [0.4, 0.5) is 5.69 Å². The molecule has 0 saturated carbocycles. The minimum Gasteiger partial charge on any atom is -0.355 e. The average molecular weight is 319 g/mol. The molecule has 1 aliphatic heterocycles. The third-order valence-corrected chi connectivity index (χ3v) is 3.57. The molecule has 2 rings (SSSR count). The molecule has 3 amide bonds. The Balaban J connectivity index is 2.05. The first-order chi connectivity index (χ1) is 11.0. The fourth-order valence-corrected chi connectivity index (χ4v) is 2.34. The molecule has 8 nitrogen and oxygen atoms in total. The molecule has 0 spiro atoms. The lowest BCUT2D eigenvalue weighted by atomic mass is 10.1. The van der Waals surface area contributed by atoms with Crippen LogP contribution >= 0.6 is 0 Å². The van der Waals surface area contributed by atoms with Gasteiger partial charge in [0.1, 0.15) is 6.54 Å². The maximum Gasteiger partial charge on any atom is 0.270 e. The Labute approximate surface area is 132 Å². The van der Waals surface area contributed by atoms with E-state index in [4.69, 9.17) is 0 Å². The number of hydrogen-bond acceptors (Lipinski definition) is 5. The number of unbranched alkanes of at least 4 members (excludes halogenated alkanes) is 2. The molecular weight excluding hydrogens is 302 g/mol. The summed E-state index contributed by atoms with van der Waals surface area (Å²) in [6, 6.07) is 3.47. The fourth-order valence-electron chi connectivity index (χ4n) is 2.34. The zero-order valence-corrected chi connectivity index (χ0v) is 12.7. The van der Waals surface area contributed by atoms with Gasteiger partial charge in [0.05, 0.1) is 16.1 Å². The molecule has 1 N–H and O–H groups in total. The Hall–Kier alpha value is -2.77. The van der Waals surface area contributed by atoms with Crippen molar-refractivity contribution < 1.29 is 19.3 Å². The summed E-state index contributed by atoms with van der Waals surface area (Å²) < 4.78 is 0. The molecule has 122 valence electrons. The summed E-state index contributed by atoms with van der Waals surface area (Å²) in [5.41, 5.74) is -0.224. The number of fused-ring (bicyclic) bond motifs is 1. The number of carbonyl (C=O) groups excluding carboxylic acids is 3. The normalized spacial score (nSPS) is 13.2. The Morgan fingerprint density at radius 1 is 1.22 bits per heavy atom. The largest absolute Gasteiger partial charge is 0.355 e. The number of benzene rings is 1. The summed E-state index contributed by atoms with van der Waals surface area (Å²) in [6.45, 7) is 2.15. The van der Waals surface area contributed by atoms with E-state index in [1.165, 1.54) is 12.1 Å². The number of imide groups is 1. The zero-order chi connectivity index (χ0) is 17.0. The van der Waals surface area contributed by atoms with Crippen molar-refractivity contribution in [3.05, 3.63) is 39.4 Å². The van der Waals surface area contributed by atoms with Crippen molar-refractivity contribution in [2.24, 2.45) is 0 Å². The van der Waals surface area contributed by atoms with E-state index in [-0.39, 0.29) is 23.4 Å². The molecule has 0 atom stereocenters. The van der Waals surface area contributed by atoms with Crippen LogP contribution in [0.1, 0.15) is 46.9 Å². The van der Waals surface area contributed by atoms with Crippen molar-refractivity contribution in [3.63, 3.8) is 0 Å². The lowest BCUT2D eigenvalue weighted by Crippen LogP contribution is -2.40. The number of carbonyl (C=O) groups is 3. The number of non-ortho nitro benzene ring substituents is 1. The maximum absolute atomic E-state index is 12.2. The van der Waals surface area contributed by atoms with Gasteiger partial charge in [0.25, 0.3) is 17.5 Å². The highest BCUT2D eigenvalue weighted by atomic mass is 16.6. The third-order valence-electron chi connectivity index (χ3n) is 3.57. The Morgan fingerprint density at radius 3 is 2.57 bits per heavy atom. The minimum absolute atomic E-state index is 0.0389. The van der Waals surface area contributed by atoms with Crippen LogP contribution in [0.2, 0.25) is 0 Å². The van der Waals surface area contributed by atoms with Gasteiger partial charge >= 0.3 is 0 Å². The van der Waals surface area contributed by atoms with Crippen LogP contribution in [0.5, 0.6) is 0 Å². The van der Waals surface area contributed by atoms with Gasteiger partial charge in [-0.3, -0.25) is 29.4 Å². The maximum atomic E-state index is 12.2. The molecule has 23 heavy (non-hydrogen) atoms. The van der Waals surface area contributed by atoms with Crippen LogP contribution in [0.3, 0.4) is 0 Å². The van der Waals surface area contributed by atoms with Crippen molar-refractivity contribution in [1.82, 2.24) is 10.2 Å². The Morgan fingerprint density at radius 2 is 1.91 bits per heavy atom. The smallest absolute Gasteiger partial charge is 0.270 e. The molecule has 0 aliphatic carbocycles. The van der Waals surface area contributed by atoms with Crippen LogP contribution < -0.4 is 5.32 Å². The Bertz CT molecular complexity index is 671. The average Bonchev–Trinajstić information content (AvgIpc) is 2.76. The van der Waals surface area contributed by atoms with Crippen LogP contribution in [0.15, 0.2) is 18.2 Å². The van der Waals surface area contributed by atoms with E-state index >= 15 is 0 Å². The van der Waals surface area contributed by atoms with Crippen LogP contribution in [0.25, 0.3) is 0 Å². The first-order valence-electron chi connectivity index (χ1n) is 7.37. The van der Waals surface area contributed by atoms with Crippen LogP contribution in [-0.4, -0.2) is 40.6 Å². The van der Waals surface area contributed by atoms with E-state index in [0.29, 0.717) is 6.54 Å². The van der Waals surface area contributed by atoms with E-state index in [1.54, 1.807) is 0 Å². The predicted octanol–water partition coefficient (Wildman–Crippen LogP) is 1.50. The predicted molar refractivity (Wildman–Crippen MR) is 81.0 cm³/mol. The van der Waals surface area contributed by atoms with Gasteiger partial charge in [-0.25, -0.2) is 0 Å². The number of nitrogens with one attached hydrogen (secondary N) is 1. The van der Waals surface area contributed by atoms with E-state index in [9.17, 15) is 24.5 Å². The summed E-state index contributed by atoms with van der Waals surface area (Å²) in [6.07, 6.45) is 2.83.